The first-order valence-corrected chi connectivity index (χ1v) is 8.28. The Balaban J connectivity index is 1.69. The minimum absolute atomic E-state index is 0.0590. The third-order valence-corrected chi connectivity index (χ3v) is 5.47. The van der Waals surface area contributed by atoms with Crippen molar-refractivity contribution in [3.05, 3.63) is 0 Å². The SMILES string of the molecule is O=C(O)[C@@H]1C[C@H]2CCCC[C@H]2N1C(=O)CC1CCOCC1. The van der Waals surface area contributed by atoms with Crippen LogP contribution in [0.2, 0.25) is 0 Å². The second-order valence-electron chi connectivity index (χ2n) is 6.76. The Morgan fingerprint density at radius 1 is 1.10 bits per heavy atom. The summed E-state index contributed by atoms with van der Waals surface area (Å²) in [6, 6.07) is -0.419. The first kappa shape index (κ1) is 14.8. The summed E-state index contributed by atoms with van der Waals surface area (Å²) in [7, 11) is 0. The standard InChI is InChI=1S/C16H25NO4/c18-15(9-11-5-7-21-8-6-11)17-13-4-2-1-3-12(13)10-14(17)16(19)20/h11-14H,1-10H2,(H,19,20)/t12-,13-,14+/m1/s1. The summed E-state index contributed by atoms with van der Waals surface area (Å²) >= 11 is 0. The zero-order chi connectivity index (χ0) is 14.8. The van der Waals surface area contributed by atoms with Gasteiger partial charge >= 0.3 is 5.97 Å². The van der Waals surface area contributed by atoms with Crippen molar-refractivity contribution in [3.8, 4) is 0 Å². The molecule has 0 aromatic rings. The van der Waals surface area contributed by atoms with Crippen LogP contribution in [0.3, 0.4) is 0 Å². The number of rotatable bonds is 3. The molecule has 3 atom stereocenters. The number of likely N-dealkylation sites (tertiary alicyclic amines) is 1. The Bertz CT molecular complexity index is 405. The third kappa shape index (κ3) is 3.07. The summed E-state index contributed by atoms with van der Waals surface area (Å²) in [4.78, 5) is 26.0. The topological polar surface area (TPSA) is 66.8 Å². The molecule has 0 spiro atoms. The second-order valence-corrected chi connectivity index (χ2v) is 6.76. The van der Waals surface area contributed by atoms with E-state index in [1.807, 2.05) is 0 Å². The Hall–Kier alpha value is -1.10. The van der Waals surface area contributed by atoms with Crippen molar-refractivity contribution >= 4 is 11.9 Å². The highest BCUT2D eigenvalue weighted by Gasteiger charge is 2.47. The van der Waals surface area contributed by atoms with Crippen LogP contribution < -0.4 is 0 Å². The van der Waals surface area contributed by atoms with E-state index >= 15 is 0 Å². The van der Waals surface area contributed by atoms with Crippen LogP contribution in [0.25, 0.3) is 0 Å². The van der Waals surface area contributed by atoms with E-state index in [0.29, 0.717) is 24.7 Å². The summed E-state index contributed by atoms with van der Waals surface area (Å²) in [6.07, 6.45) is 7.35. The Morgan fingerprint density at radius 2 is 1.81 bits per heavy atom. The molecule has 3 aliphatic rings. The van der Waals surface area contributed by atoms with E-state index in [9.17, 15) is 14.7 Å². The number of amides is 1. The zero-order valence-electron chi connectivity index (χ0n) is 12.5. The quantitative estimate of drug-likeness (QED) is 0.865. The van der Waals surface area contributed by atoms with Gasteiger partial charge in [0, 0.05) is 25.7 Å². The maximum Gasteiger partial charge on any atom is 0.326 e. The minimum atomic E-state index is -0.829. The highest BCUT2D eigenvalue weighted by atomic mass is 16.5. The second kappa shape index (κ2) is 6.34. The van der Waals surface area contributed by atoms with E-state index in [2.05, 4.69) is 0 Å². The predicted molar refractivity (Wildman–Crippen MR) is 76.8 cm³/mol. The Morgan fingerprint density at radius 3 is 2.52 bits per heavy atom. The number of hydrogen-bond acceptors (Lipinski definition) is 3. The van der Waals surface area contributed by atoms with E-state index in [0.717, 1.165) is 45.3 Å². The van der Waals surface area contributed by atoms with Crippen molar-refractivity contribution in [3.63, 3.8) is 0 Å². The number of fused-ring (bicyclic) bond motifs is 1. The largest absolute Gasteiger partial charge is 0.480 e. The number of carbonyl (C=O) groups is 2. The number of aliphatic carboxylic acids is 1. The fourth-order valence-corrected chi connectivity index (χ4v) is 4.34. The van der Waals surface area contributed by atoms with Crippen LogP contribution in [0, 0.1) is 11.8 Å². The molecule has 1 aliphatic carbocycles. The Labute approximate surface area is 125 Å². The molecule has 2 aliphatic heterocycles. The predicted octanol–water partition coefficient (Wildman–Crippen LogP) is 2.05. The molecule has 3 fully saturated rings. The van der Waals surface area contributed by atoms with Gasteiger partial charge in [0.15, 0.2) is 0 Å². The van der Waals surface area contributed by atoms with Gasteiger partial charge in [0.1, 0.15) is 6.04 Å². The molecule has 0 unspecified atom stereocenters. The minimum Gasteiger partial charge on any atom is -0.480 e. The maximum absolute atomic E-state index is 12.7. The number of carbonyl (C=O) groups excluding carboxylic acids is 1. The van der Waals surface area contributed by atoms with Gasteiger partial charge in [-0.3, -0.25) is 4.79 Å². The van der Waals surface area contributed by atoms with Crippen LogP contribution in [0.15, 0.2) is 0 Å². The molecular weight excluding hydrogens is 270 g/mol. The van der Waals surface area contributed by atoms with Crippen LogP contribution in [-0.2, 0) is 14.3 Å². The normalized spacial score (nSPS) is 33.7. The molecule has 0 aromatic heterocycles. The van der Waals surface area contributed by atoms with Crippen molar-refractivity contribution in [2.75, 3.05) is 13.2 Å². The molecule has 2 saturated heterocycles. The lowest BCUT2D eigenvalue weighted by Crippen LogP contribution is -2.46. The van der Waals surface area contributed by atoms with Gasteiger partial charge in [0.25, 0.3) is 0 Å². The molecule has 3 rings (SSSR count). The lowest BCUT2D eigenvalue weighted by atomic mass is 9.84. The van der Waals surface area contributed by atoms with Gasteiger partial charge in [-0.1, -0.05) is 12.8 Å². The van der Waals surface area contributed by atoms with Crippen LogP contribution in [0.4, 0.5) is 0 Å². The van der Waals surface area contributed by atoms with Crippen LogP contribution >= 0.6 is 0 Å². The molecule has 0 radical (unpaired) electrons. The summed E-state index contributed by atoms with van der Waals surface area (Å²) < 4.78 is 5.33. The summed E-state index contributed by atoms with van der Waals surface area (Å²) in [5.41, 5.74) is 0. The summed E-state index contributed by atoms with van der Waals surface area (Å²) in [6.45, 7) is 1.46. The molecule has 1 saturated carbocycles. The molecule has 1 N–H and O–H groups in total. The van der Waals surface area contributed by atoms with Crippen LogP contribution in [0.1, 0.15) is 51.4 Å². The fourth-order valence-electron chi connectivity index (χ4n) is 4.34. The molecule has 0 aromatic carbocycles. The zero-order valence-corrected chi connectivity index (χ0v) is 12.5. The maximum atomic E-state index is 12.7. The van der Waals surface area contributed by atoms with Crippen LogP contribution in [-0.4, -0.2) is 47.2 Å². The lowest BCUT2D eigenvalue weighted by Gasteiger charge is -2.34. The highest BCUT2D eigenvalue weighted by Crippen LogP contribution is 2.40. The monoisotopic (exact) mass is 295 g/mol. The van der Waals surface area contributed by atoms with Gasteiger partial charge in [0.2, 0.25) is 5.91 Å². The molecule has 118 valence electrons. The number of nitrogens with zero attached hydrogens (tertiary/aromatic N) is 1. The van der Waals surface area contributed by atoms with E-state index in [1.165, 1.54) is 6.42 Å². The van der Waals surface area contributed by atoms with Gasteiger partial charge in [-0.25, -0.2) is 4.79 Å². The van der Waals surface area contributed by atoms with E-state index < -0.39 is 12.0 Å². The van der Waals surface area contributed by atoms with Crippen LogP contribution in [0.5, 0.6) is 0 Å². The molecule has 0 bridgehead atoms. The summed E-state index contributed by atoms with van der Waals surface area (Å²) in [5.74, 6) is -0.00440. The van der Waals surface area contributed by atoms with E-state index in [1.54, 1.807) is 4.90 Å². The molecular formula is C16H25NO4. The van der Waals surface area contributed by atoms with Crippen molar-refractivity contribution < 1.29 is 19.4 Å². The number of carboxylic acid groups (broad SMARTS) is 1. The molecule has 5 heteroatoms. The molecule has 5 nitrogen and oxygen atoms in total. The fraction of sp³-hybridized carbons (Fsp3) is 0.875. The molecule has 1 amide bonds. The van der Waals surface area contributed by atoms with E-state index in [-0.39, 0.29) is 11.9 Å². The smallest absolute Gasteiger partial charge is 0.326 e. The Kier molecular flexibility index (Phi) is 4.48. The lowest BCUT2D eigenvalue weighted by molar-refractivity contribution is -0.150. The number of carboxylic acids is 1. The van der Waals surface area contributed by atoms with Crippen molar-refractivity contribution in [2.24, 2.45) is 11.8 Å². The summed E-state index contributed by atoms with van der Waals surface area (Å²) in [5, 5.41) is 9.47. The number of hydrogen-bond donors (Lipinski definition) is 1. The first-order chi connectivity index (χ1) is 10.2. The van der Waals surface area contributed by atoms with Gasteiger partial charge in [-0.2, -0.15) is 0 Å². The molecule has 21 heavy (non-hydrogen) atoms. The first-order valence-electron chi connectivity index (χ1n) is 8.28. The van der Waals surface area contributed by atoms with Crippen molar-refractivity contribution in [2.45, 2.75) is 63.5 Å². The third-order valence-electron chi connectivity index (χ3n) is 5.47. The highest BCUT2D eigenvalue weighted by molar-refractivity contribution is 5.85. The average molecular weight is 295 g/mol. The van der Waals surface area contributed by atoms with Gasteiger partial charge < -0.3 is 14.7 Å². The van der Waals surface area contributed by atoms with Gasteiger partial charge in [0.05, 0.1) is 0 Å². The van der Waals surface area contributed by atoms with Crippen molar-refractivity contribution in [1.29, 1.82) is 0 Å². The van der Waals surface area contributed by atoms with Crippen molar-refractivity contribution in [1.82, 2.24) is 4.90 Å². The molecule has 2 heterocycles. The van der Waals surface area contributed by atoms with Gasteiger partial charge in [-0.15, -0.1) is 0 Å². The number of ether oxygens (including phenoxy) is 1. The average Bonchev–Trinajstić information content (AvgIpc) is 2.88. The van der Waals surface area contributed by atoms with Gasteiger partial charge in [-0.05, 0) is 43.9 Å². The van der Waals surface area contributed by atoms with E-state index in [4.69, 9.17) is 4.74 Å².